The van der Waals surface area contributed by atoms with Gasteiger partial charge in [-0.2, -0.15) is 0 Å². The first-order chi connectivity index (χ1) is 11.4. The van der Waals surface area contributed by atoms with E-state index >= 15 is 0 Å². The van der Waals surface area contributed by atoms with Gasteiger partial charge in [0, 0.05) is 17.1 Å². The van der Waals surface area contributed by atoms with Gasteiger partial charge in [-0.3, -0.25) is 4.98 Å². The number of nitrogens with one attached hydrogen (secondary N) is 1. The highest BCUT2D eigenvalue weighted by Crippen LogP contribution is 2.40. The third-order valence-corrected chi connectivity index (χ3v) is 4.96. The summed E-state index contributed by atoms with van der Waals surface area (Å²) in [4.78, 5) is 8.14. The Hall–Kier alpha value is -3.13. The van der Waals surface area contributed by atoms with Gasteiger partial charge in [0.1, 0.15) is 0 Å². The fourth-order valence-corrected chi connectivity index (χ4v) is 4.01. The van der Waals surface area contributed by atoms with E-state index in [1.807, 2.05) is 12.3 Å². The molecule has 6 rings (SSSR count). The van der Waals surface area contributed by atoms with Gasteiger partial charge in [0.2, 0.25) is 0 Å². The Labute approximate surface area is 131 Å². The molecule has 23 heavy (non-hydrogen) atoms. The first-order valence-electron chi connectivity index (χ1n) is 7.83. The SMILES string of the molecule is c1cc2ccc3cc4[nH]c5cccnc5c4c4ccc(c1)c2c34. The molecule has 0 spiro atoms. The molecular formula is C21H12N2. The normalized spacial score (nSPS) is 12.3. The van der Waals surface area contributed by atoms with Crippen molar-refractivity contribution in [2.75, 3.05) is 0 Å². The van der Waals surface area contributed by atoms with Crippen LogP contribution in [0.15, 0.2) is 66.9 Å². The van der Waals surface area contributed by atoms with E-state index in [-0.39, 0.29) is 0 Å². The summed E-state index contributed by atoms with van der Waals surface area (Å²) in [7, 11) is 0. The van der Waals surface area contributed by atoms with Crippen molar-refractivity contribution in [3.05, 3.63) is 66.9 Å². The van der Waals surface area contributed by atoms with Crippen LogP contribution in [0.5, 0.6) is 0 Å². The Morgan fingerprint density at radius 2 is 1.48 bits per heavy atom. The Morgan fingerprint density at radius 3 is 2.39 bits per heavy atom. The van der Waals surface area contributed by atoms with E-state index in [2.05, 4.69) is 64.6 Å². The predicted molar refractivity (Wildman–Crippen MR) is 97.3 cm³/mol. The van der Waals surface area contributed by atoms with Gasteiger partial charge in [0.05, 0.1) is 11.0 Å². The Balaban J connectivity index is 2.04. The van der Waals surface area contributed by atoms with Gasteiger partial charge in [-0.05, 0) is 50.5 Å². The number of rotatable bonds is 0. The second kappa shape index (κ2) is 3.79. The third-order valence-electron chi connectivity index (χ3n) is 4.96. The number of benzene rings is 4. The lowest BCUT2D eigenvalue weighted by Gasteiger charge is -2.11. The van der Waals surface area contributed by atoms with Crippen LogP contribution in [0, 0.1) is 0 Å². The predicted octanol–water partition coefficient (Wildman–Crippen LogP) is 5.61. The van der Waals surface area contributed by atoms with Crippen molar-refractivity contribution >= 4 is 54.3 Å². The van der Waals surface area contributed by atoms with Crippen molar-refractivity contribution < 1.29 is 0 Å². The van der Waals surface area contributed by atoms with Crippen LogP contribution in [0.2, 0.25) is 0 Å². The molecule has 0 unspecified atom stereocenters. The fraction of sp³-hybridized carbons (Fsp3) is 0. The van der Waals surface area contributed by atoms with Gasteiger partial charge in [-0.15, -0.1) is 0 Å². The number of aromatic nitrogens is 2. The zero-order chi connectivity index (χ0) is 15.0. The lowest BCUT2D eigenvalue weighted by Crippen LogP contribution is -1.84. The van der Waals surface area contributed by atoms with Crippen molar-refractivity contribution in [1.29, 1.82) is 0 Å². The minimum atomic E-state index is 1.06. The number of pyridine rings is 1. The molecule has 2 heteroatoms. The molecule has 0 saturated heterocycles. The van der Waals surface area contributed by atoms with Crippen molar-refractivity contribution in [2.45, 2.75) is 0 Å². The van der Waals surface area contributed by atoms with E-state index in [9.17, 15) is 0 Å². The number of hydrogen-bond acceptors (Lipinski definition) is 1. The van der Waals surface area contributed by atoms with Crippen LogP contribution in [-0.2, 0) is 0 Å². The van der Waals surface area contributed by atoms with Crippen molar-refractivity contribution in [3.8, 4) is 0 Å². The zero-order valence-electron chi connectivity index (χ0n) is 12.3. The summed E-state index contributed by atoms with van der Waals surface area (Å²) >= 11 is 0. The van der Waals surface area contributed by atoms with Crippen LogP contribution < -0.4 is 0 Å². The standard InChI is InChI=1S/C21H12N2/c1-3-12-6-7-14-11-17-20(21-16(23-17)5-2-10-22-21)15-9-8-13(4-1)18(12)19(14)15/h1-11,23H. The lowest BCUT2D eigenvalue weighted by atomic mass is 9.92. The summed E-state index contributed by atoms with van der Waals surface area (Å²) in [5.41, 5.74) is 3.31. The molecule has 1 N–H and O–H groups in total. The molecule has 0 saturated carbocycles. The van der Waals surface area contributed by atoms with Crippen LogP contribution in [-0.4, -0.2) is 9.97 Å². The first-order valence-corrected chi connectivity index (χ1v) is 7.83. The van der Waals surface area contributed by atoms with Crippen molar-refractivity contribution in [1.82, 2.24) is 9.97 Å². The highest BCUT2D eigenvalue weighted by Gasteiger charge is 2.14. The van der Waals surface area contributed by atoms with Crippen LogP contribution in [0.1, 0.15) is 0 Å². The highest BCUT2D eigenvalue weighted by molar-refractivity contribution is 6.31. The second-order valence-electron chi connectivity index (χ2n) is 6.18. The molecule has 0 amide bonds. The maximum atomic E-state index is 4.62. The maximum Gasteiger partial charge on any atom is 0.0963 e. The molecule has 2 nitrogen and oxygen atoms in total. The minimum Gasteiger partial charge on any atom is -0.353 e. The van der Waals surface area contributed by atoms with Gasteiger partial charge >= 0.3 is 0 Å². The quantitative estimate of drug-likeness (QED) is 0.362. The Morgan fingerprint density at radius 1 is 0.652 bits per heavy atom. The van der Waals surface area contributed by atoms with E-state index in [1.54, 1.807) is 0 Å². The molecule has 0 aliphatic rings. The third kappa shape index (κ3) is 1.32. The molecule has 0 fully saturated rings. The Bertz CT molecular complexity index is 1340. The fourth-order valence-electron chi connectivity index (χ4n) is 4.01. The van der Waals surface area contributed by atoms with E-state index in [4.69, 9.17) is 0 Å². The summed E-state index contributed by atoms with van der Waals surface area (Å²) in [5, 5.41) is 9.09. The second-order valence-corrected chi connectivity index (χ2v) is 6.18. The number of fused-ring (bicyclic) bond motifs is 4. The monoisotopic (exact) mass is 292 g/mol. The van der Waals surface area contributed by atoms with Gasteiger partial charge in [0.15, 0.2) is 0 Å². The average molecular weight is 292 g/mol. The van der Waals surface area contributed by atoms with Crippen molar-refractivity contribution in [2.24, 2.45) is 0 Å². The van der Waals surface area contributed by atoms with Crippen LogP contribution >= 0.6 is 0 Å². The molecular weight excluding hydrogens is 280 g/mol. The number of nitrogens with zero attached hydrogens (tertiary/aromatic N) is 1. The van der Waals surface area contributed by atoms with Gasteiger partial charge < -0.3 is 4.98 Å². The van der Waals surface area contributed by atoms with Crippen LogP contribution in [0.4, 0.5) is 0 Å². The highest BCUT2D eigenvalue weighted by atomic mass is 14.8. The molecule has 106 valence electrons. The van der Waals surface area contributed by atoms with Gasteiger partial charge in [0.25, 0.3) is 0 Å². The molecule has 0 aliphatic heterocycles. The topological polar surface area (TPSA) is 28.7 Å². The molecule has 0 aliphatic carbocycles. The van der Waals surface area contributed by atoms with E-state index in [0.717, 1.165) is 16.6 Å². The van der Waals surface area contributed by atoms with Crippen LogP contribution in [0.25, 0.3) is 54.3 Å². The average Bonchev–Trinajstić information content (AvgIpc) is 2.97. The largest absolute Gasteiger partial charge is 0.353 e. The summed E-state index contributed by atoms with van der Waals surface area (Å²) in [6.07, 6.45) is 1.87. The molecule has 6 aromatic rings. The molecule has 0 atom stereocenters. The van der Waals surface area contributed by atoms with E-state index < -0.39 is 0 Å². The lowest BCUT2D eigenvalue weighted by molar-refractivity contribution is 1.42. The maximum absolute atomic E-state index is 4.62. The molecule has 4 aromatic carbocycles. The minimum absolute atomic E-state index is 1.06. The number of H-pyrrole nitrogens is 1. The van der Waals surface area contributed by atoms with Crippen molar-refractivity contribution in [3.63, 3.8) is 0 Å². The molecule has 2 heterocycles. The number of aromatic amines is 1. The smallest absolute Gasteiger partial charge is 0.0963 e. The summed E-state index contributed by atoms with van der Waals surface area (Å²) in [6, 6.07) is 21.8. The Kier molecular flexibility index (Phi) is 1.89. The summed E-state index contributed by atoms with van der Waals surface area (Å²) in [5.74, 6) is 0. The first kappa shape index (κ1) is 11.4. The molecule has 2 aromatic heterocycles. The summed E-state index contributed by atoms with van der Waals surface area (Å²) < 4.78 is 0. The molecule has 0 radical (unpaired) electrons. The summed E-state index contributed by atoms with van der Waals surface area (Å²) in [6.45, 7) is 0. The zero-order valence-corrected chi connectivity index (χ0v) is 12.3. The van der Waals surface area contributed by atoms with Crippen LogP contribution in [0.3, 0.4) is 0 Å². The van der Waals surface area contributed by atoms with E-state index in [1.165, 1.54) is 37.7 Å². The molecule has 0 bridgehead atoms. The van der Waals surface area contributed by atoms with Gasteiger partial charge in [-0.25, -0.2) is 0 Å². The van der Waals surface area contributed by atoms with Gasteiger partial charge in [-0.1, -0.05) is 42.5 Å². The number of hydrogen-bond donors (Lipinski definition) is 1. The van der Waals surface area contributed by atoms with E-state index in [0.29, 0.717) is 0 Å².